The Bertz CT molecular complexity index is 376. The van der Waals surface area contributed by atoms with E-state index in [2.05, 4.69) is 0 Å². The van der Waals surface area contributed by atoms with Gasteiger partial charge in [-0.25, -0.2) is 4.39 Å². The molecule has 0 aliphatic rings. The van der Waals surface area contributed by atoms with Crippen molar-refractivity contribution in [3.8, 4) is 5.75 Å². The zero-order valence-electron chi connectivity index (χ0n) is 8.80. The monoisotopic (exact) mass is 211 g/mol. The van der Waals surface area contributed by atoms with Crippen LogP contribution >= 0.6 is 0 Å². The predicted molar refractivity (Wildman–Crippen MR) is 55.5 cm³/mol. The first-order valence-electron chi connectivity index (χ1n) is 4.71. The van der Waals surface area contributed by atoms with Gasteiger partial charge in [0.15, 0.2) is 5.78 Å². The highest BCUT2D eigenvalue weighted by molar-refractivity contribution is 6.00. The first-order chi connectivity index (χ1) is 6.99. The summed E-state index contributed by atoms with van der Waals surface area (Å²) in [7, 11) is 0. The van der Waals surface area contributed by atoms with Crippen molar-refractivity contribution < 1.29 is 14.3 Å². The quantitative estimate of drug-likeness (QED) is 0.747. The number of benzene rings is 1. The molecule has 0 spiro atoms. The van der Waals surface area contributed by atoms with Gasteiger partial charge >= 0.3 is 0 Å². The third-order valence-electron chi connectivity index (χ3n) is 2.34. The van der Waals surface area contributed by atoms with Gasteiger partial charge in [-0.05, 0) is 37.6 Å². The molecule has 0 unspecified atom stereocenters. The van der Waals surface area contributed by atoms with Crippen LogP contribution in [0.2, 0.25) is 0 Å². The van der Waals surface area contributed by atoms with Crippen LogP contribution in [0.5, 0.6) is 5.75 Å². The Hall–Kier alpha value is -1.42. The summed E-state index contributed by atoms with van der Waals surface area (Å²) < 4.78 is 13.3. The Kier molecular flexibility index (Phi) is 3.42. The van der Waals surface area contributed by atoms with Crippen LogP contribution in [0, 0.1) is 19.7 Å². The lowest BCUT2D eigenvalue weighted by Gasteiger charge is -2.10. The van der Waals surface area contributed by atoms with Crippen LogP contribution in [0.15, 0.2) is 6.07 Å². The number of phenolic OH excluding ortho intramolecular Hbond substituents is 1. The minimum atomic E-state index is -0.481. The lowest BCUT2D eigenvalue weighted by atomic mass is 9.98. The molecule has 0 saturated carbocycles. The van der Waals surface area contributed by atoms with Crippen molar-refractivity contribution in [2.75, 3.05) is 6.54 Å². The van der Waals surface area contributed by atoms with Crippen molar-refractivity contribution in [1.29, 1.82) is 0 Å². The number of carbonyl (C=O) groups is 1. The average molecular weight is 211 g/mol. The van der Waals surface area contributed by atoms with E-state index in [0.717, 1.165) is 0 Å². The minimum Gasteiger partial charge on any atom is -0.507 e. The highest BCUT2D eigenvalue weighted by atomic mass is 19.1. The molecule has 0 radical (unpaired) electrons. The fourth-order valence-corrected chi connectivity index (χ4v) is 1.46. The van der Waals surface area contributed by atoms with Gasteiger partial charge in [-0.2, -0.15) is 0 Å². The molecule has 3 nitrogen and oxygen atoms in total. The van der Waals surface area contributed by atoms with Gasteiger partial charge < -0.3 is 10.8 Å². The lowest BCUT2D eigenvalue weighted by Crippen LogP contribution is -2.11. The van der Waals surface area contributed by atoms with E-state index in [0.29, 0.717) is 5.56 Å². The molecule has 0 fully saturated rings. The van der Waals surface area contributed by atoms with Gasteiger partial charge in [-0.1, -0.05) is 0 Å². The molecule has 1 aromatic rings. The van der Waals surface area contributed by atoms with Crippen molar-refractivity contribution in [3.63, 3.8) is 0 Å². The summed E-state index contributed by atoms with van der Waals surface area (Å²) in [6.07, 6.45) is 0.108. The van der Waals surface area contributed by atoms with E-state index in [9.17, 15) is 14.3 Å². The number of carbonyl (C=O) groups excluding carboxylic acids is 1. The zero-order chi connectivity index (χ0) is 11.6. The molecule has 0 atom stereocenters. The van der Waals surface area contributed by atoms with Gasteiger partial charge in [-0.15, -0.1) is 0 Å². The highest BCUT2D eigenvalue weighted by Crippen LogP contribution is 2.28. The normalized spacial score (nSPS) is 10.4. The molecule has 1 aromatic carbocycles. The molecule has 0 aliphatic carbocycles. The summed E-state index contributed by atoms with van der Waals surface area (Å²) in [6.45, 7) is 3.21. The molecule has 0 heterocycles. The fraction of sp³-hybridized carbons (Fsp3) is 0.364. The van der Waals surface area contributed by atoms with Crippen LogP contribution < -0.4 is 5.73 Å². The van der Waals surface area contributed by atoms with E-state index < -0.39 is 5.82 Å². The topological polar surface area (TPSA) is 63.3 Å². The molecular formula is C11H14FNO2. The van der Waals surface area contributed by atoms with Crippen LogP contribution in [0.1, 0.15) is 27.9 Å². The molecule has 0 saturated heterocycles. The largest absolute Gasteiger partial charge is 0.507 e. The van der Waals surface area contributed by atoms with Gasteiger partial charge in [0.25, 0.3) is 0 Å². The van der Waals surface area contributed by atoms with E-state index in [-0.39, 0.29) is 35.6 Å². The maximum atomic E-state index is 13.3. The number of halogens is 1. The van der Waals surface area contributed by atoms with E-state index >= 15 is 0 Å². The summed E-state index contributed by atoms with van der Waals surface area (Å²) in [6, 6.07) is 1.21. The standard InChI is InChI=1S/C11H14FNO2/c1-6-5-8(12)7(2)10(11(6)15)9(14)3-4-13/h5,15H,3-4,13H2,1-2H3. The number of aromatic hydroxyl groups is 1. The summed E-state index contributed by atoms with van der Waals surface area (Å²) in [5.74, 6) is -0.951. The zero-order valence-corrected chi connectivity index (χ0v) is 8.80. The first kappa shape index (κ1) is 11.7. The molecule has 82 valence electrons. The van der Waals surface area contributed by atoms with Crippen LogP contribution in [-0.4, -0.2) is 17.4 Å². The number of ketones is 1. The molecule has 0 aromatic heterocycles. The number of rotatable bonds is 3. The summed E-state index contributed by atoms with van der Waals surface area (Å²) in [5.41, 5.74) is 5.84. The SMILES string of the molecule is Cc1cc(F)c(C)c(C(=O)CCN)c1O. The summed E-state index contributed by atoms with van der Waals surface area (Å²) >= 11 is 0. The number of nitrogens with two attached hydrogens (primary N) is 1. The Labute approximate surface area is 87.7 Å². The predicted octanol–water partition coefficient (Wildman–Crippen LogP) is 1.68. The second kappa shape index (κ2) is 4.40. The molecule has 0 bridgehead atoms. The van der Waals surface area contributed by atoms with Crippen LogP contribution in [-0.2, 0) is 0 Å². The molecule has 3 N–H and O–H groups in total. The second-order valence-corrected chi connectivity index (χ2v) is 3.49. The van der Waals surface area contributed by atoms with Gasteiger partial charge in [-0.3, -0.25) is 4.79 Å². The molecular weight excluding hydrogens is 197 g/mol. The van der Waals surface area contributed by atoms with Crippen molar-refractivity contribution in [3.05, 3.63) is 28.6 Å². The van der Waals surface area contributed by atoms with Crippen LogP contribution in [0.25, 0.3) is 0 Å². The van der Waals surface area contributed by atoms with E-state index in [1.807, 2.05) is 0 Å². The Morgan fingerprint density at radius 1 is 1.53 bits per heavy atom. The Morgan fingerprint density at radius 2 is 2.13 bits per heavy atom. The van der Waals surface area contributed by atoms with Crippen LogP contribution in [0.4, 0.5) is 4.39 Å². The molecule has 0 amide bonds. The van der Waals surface area contributed by atoms with Crippen molar-refractivity contribution in [1.82, 2.24) is 0 Å². The van der Waals surface area contributed by atoms with E-state index in [1.165, 1.54) is 13.0 Å². The molecule has 4 heteroatoms. The molecule has 1 rings (SSSR count). The highest BCUT2D eigenvalue weighted by Gasteiger charge is 2.18. The first-order valence-corrected chi connectivity index (χ1v) is 4.71. The van der Waals surface area contributed by atoms with Gasteiger partial charge in [0, 0.05) is 6.42 Å². The number of hydrogen-bond acceptors (Lipinski definition) is 3. The summed E-state index contributed by atoms with van der Waals surface area (Å²) in [4.78, 5) is 11.6. The second-order valence-electron chi connectivity index (χ2n) is 3.49. The van der Waals surface area contributed by atoms with Gasteiger partial charge in [0.2, 0.25) is 0 Å². The van der Waals surface area contributed by atoms with Gasteiger partial charge in [0.05, 0.1) is 5.56 Å². The van der Waals surface area contributed by atoms with Crippen LogP contribution in [0.3, 0.4) is 0 Å². The van der Waals surface area contributed by atoms with Crippen molar-refractivity contribution in [2.24, 2.45) is 5.73 Å². The lowest BCUT2D eigenvalue weighted by molar-refractivity contribution is 0.0981. The Morgan fingerprint density at radius 3 is 2.67 bits per heavy atom. The minimum absolute atomic E-state index is 0.0537. The maximum Gasteiger partial charge on any atom is 0.168 e. The summed E-state index contributed by atoms with van der Waals surface area (Å²) in [5, 5.41) is 9.67. The number of phenols is 1. The third-order valence-corrected chi connectivity index (χ3v) is 2.34. The molecule has 0 aliphatic heterocycles. The third kappa shape index (κ3) is 2.15. The fourth-order valence-electron chi connectivity index (χ4n) is 1.46. The number of Topliss-reactive ketones (excluding diaryl/α,β-unsaturated/α-hetero) is 1. The smallest absolute Gasteiger partial charge is 0.168 e. The van der Waals surface area contributed by atoms with Crippen molar-refractivity contribution in [2.45, 2.75) is 20.3 Å². The maximum absolute atomic E-state index is 13.3. The average Bonchev–Trinajstić information content (AvgIpc) is 2.16. The van der Waals surface area contributed by atoms with E-state index in [4.69, 9.17) is 5.73 Å². The van der Waals surface area contributed by atoms with Crippen molar-refractivity contribution >= 4 is 5.78 Å². The Balaban J connectivity index is 3.32. The number of aryl methyl sites for hydroxylation is 1. The van der Waals surface area contributed by atoms with E-state index in [1.54, 1.807) is 6.92 Å². The number of hydrogen-bond donors (Lipinski definition) is 2. The molecule has 15 heavy (non-hydrogen) atoms. The van der Waals surface area contributed by atoms with Gasteiger partial charge in [0.1, 0.15) is 11.6 Å².